The van der Waals surface area contributed by atoms with E-state index in [1.165, 1.54) is 33.5 Å². The number of carbonyl (C=O) groups excluding carboxylic acids is 2. The molecule has 1 N–H and O–H groups in total. The Kier molecular flexibility index (Phi) is 6.55. The Morgan fingerprint density at radius 3 is 2.12 bits per heavy atom. The van der Waals surface area contributed by atoms with E-state index in [-0.39, 0.29) is 17.3 Å². The zero-order valence-electron chi connectivity index (χ0n) is 14.7. The Labute approximate surface area is 149 Å². The maximum absolute atomic E-state index is 12.7. The molecule has 1 saturated heterocycles. The predicted molar refractivity (Wildman–Crippen MR) is 94.7 cm³/mol. The van der Waals surface area contributed by atoms with Gasteiger partial charge in [0, 0.05) is 32.7 Å². The maximum atomic E-state index is 12.7. The zero-order valence-corrected chi connectivity index (χ0v) is 15.5. The van der Waals surface area contributed by atoms with Crippen molar-refractivity contribution >= 4 is 21.8 Å². The van der Waals surface area contributed by atoms with Gasteiger partial charge < -0.3 is 10.2 Å². The minimum Gasteiger partial charge on any atom is -0.347 e. The van der Waals surface area contributed by atoms with Gasteiger partial charge in [0.05, 0.1) is 11.4 Å². The summed E-state index contributed by atoms with van der Waals surface area (Å²) in [6.07, 6.45) is 3.85. The van der Waals surface area contributed by atoms with Crippen LogP contribution in [0.5, 0.6) is 0 Å². The van der Waals surface area contributed by atoms with E-state index in [0.29, 0.717) is 18.7 Å². The van der Waals surface area contributed by atoms with Crippen molar-refractivity contribution in [3.63, 3.8) is 0 Å². The van der Waals surface area contributed by atoms with Crippen LogP contribution in [0.1, 0.15) is 36.0 Å². The summed E-state index contributed by atoms with van der Waals surface area (Å²) < 4.78 is 26.9. The molecule has 0 radical (unpaired) electrons. The van der Waals surface area contributed by atoms with Crippen molar-refractivity contribution in [3.05, 3.63) is 29.8 Å². The number of amides is 2. The first-order chi connectivity index (χ1) is 11.8. The van der Waals surface area contributed by atoms with E-state index in [2.05, 4.69) is 5.32 Å². The second kappa shape index (κ2) is 8.44. The predicted octanol–water partition coefficient (Wildman–Crippen LogP) is 1.07. The molecule has 7 nitrogen and oxygen atoms in total. The number of carbonyl (C=O) groups is 2. The lowest BCUT2D eigenvalue weighted by Crippen LogP contribution is -2.36. The summed E-state index contributed by atoms with van der Waals surface area (Å²) in [4.78, 5) is 25.1. The SMILES string of the molecule is CN(C)C(=O)CNC(=O)c1ccc(S(=O)(=O)N2CCCCCC2)cc1. The first kappa shape index (κ1) is 19.4. The monoisotopic (exact) mass is 367 g/mol. The lowest BCUT2D eigenvalue weighted by Gasteiger charge is -2.20. The average Bonchev–Trinajstić information content (AvgIpc) is 2.89. The van der Waals surface area contributed by atoms with E-state index >= 15 is 0 Å². The lowest BCUT2D eigenvalue weighted by atomic mass is 10.2. The van der Waals surface area contributed by atoms with Gasteiger partial charge in [0.25, 0.3) is 5.91 Å². The van der Waals surface area contributed by atoms with Crippen LogP contribution in [0.2, 0.25) is 0 Å². The third-order valence-corrected chi connectivity index (χ3v) is 6.13. The highest BCUT2D eigenvalue weighted by molar-refractivity contribution is 7.89. The van der Waals surface area contributed by atoms with Crippen molar-refractivity contribution in [2.45, 2.75) is 30.6 Å². The normalized spacial score (nSPS) is 16.1. The molecule has 0 atom stereocenters. The molecule has 0 aromatic heterocycles. The molecule has 1 aromatic rings. The van der Waals surface area contributed by atoms with Gasteiger partial charge in [-0.3, -0.25) is 9.59 Å². The van der Waals surface area contributed by atoms with E-state index in [1.54, 1.807) is 14.1 Å². The minimum atomic E-state index is -3.52. The van der Waals surface area contributed by atoms with Crippen LogP contribution in [0.4, 0.5) is 0 Å². The molecule has 25 heavy (non-hydrogen) atoms. The van der Waals surface area contributed by atoms with Crippen LogP contribution in [0.3, 0.4) is 0 Å². The second-order valence-corrected chi connectivity index (χ2v) is 8.25. The van der Waals surface area contributed by atoms with Crippen LogP contribution in [0, 0.1) is 0 Å². The van der Waals surface area contributed by atoms with Gasteiger partial charge in [0.2, 0.25) is 15.9 Å². The molecule has 138 valence electrons. The maximum Gasteiger partial charge on any atom is 0.251 e. The highest BCUT2D eigenvalue weighted by atomic mass is 32.2. The van der Waals surface area contributed by atoms with Crippen molar-refractivity contribution in [2.24, 2.45) is 0 Å². The number of rotatable bonds is 5. The molecule has 2 amide bonds. The quantitative estimate of drug-likeness (QED) is 0.843. The number of hydrogen-bond acceptors (Lipinski definition) is 4. The third kappa shape index (κ3) is 5.02. The van der Waals surface area contributed by atoms with Gasteiger partial charge in [-0.1, -0.05) is 12.8 Å². The summed E-state index contributed by atoms with van der Waals surface area (Å²) in [5.74, 6) is -0.623. The standard InChI is InChI=1S/C17H25N3O4S/c1-19(2)16(21)13-18-17(22)14-7-9-15(10-8-14)25(23,24)20-11-5-3-4-6-12-20/h7-10H,3-6,11-13H2,1-2H3,(H,18,22). The van der Waals surface area contributed by atoms with Gasteiger partial charge in [-0.05, 0) is 37.1 Å². The van der Waals surface area contributed by atoms with Crippen molar-refractivity contribution < 1.29 is 18.0 Å². The van der Waals surface area contributed by atoms with Crippen LogP contribution in [0.25, 0.3) is 0 Å². The molecule has 2 rings (SSSR count). The van der Waals surface area contributed by atoms with Gasteiger partial charge in [-0.25, -0.2) is 8.42 Å². The van der Waals surface area contributed by atoms with Gasteiger partial charge >= 0.3 is 0 Å². The molecule has 0 saturated carbocycles. The van der Waals surface area contributed by atoms with Gasteiger partial charge in [-0.15, -0.1) is 0 Å². The molecule has 1 heterocycles. The number of hydrogen-bond donors (Lipinski definition) is 1. The smallest absolute Gasteiger partial charge is 0.251 e. The van der Waals surface area contributed by atoms with E-state index in [4.69, 9.17) is 0 Å². The lowest BCUT2D eigenvalue weighted by molar-refractivity contribution is -0.127. The summed E-state index contributed by atoms with van der Waals surface area (Å²) in [6.45, 7) is 0.980. The van der Waals surface area contributed by atoms with Crippen molar-refractivity contribution in [1.82, 2.24) is 14.5 Å². The molecule has 0 bridgehead atoms. The Morgan fingerprint density at radius 1 is 1.04 bits per heavy atom. The summed E-state index contributed by atoms with van der Waals surface area (Å²) in [6, 6.07) is 5.84. The van der Waals surface area contributed by atoms with E-state index in [0.717, 1.165) is 25.7 Å². The number of nitrogens with one attached hydrogen (secondary N) is 1. The fourth-order valence-electron chi connectivity index (χ4n) is 2.63. The molecular formula is C17H25N3O4S. The number of sulfonamides is 1. The summed E-state index contributed by atoms with van der Waals surface area (Å²) >= 11 is 0. The van der Waals surface area contributed by atoms with Crippen LogP contribution in [0.15, 0.2) is 29.2 Å². The molecule has 1 fully saturated rings. The summed E-state index contributed by atoms with van der Waals surface area (Å²) in [7, 11) is -0.308. The first-order valence-electron chi connectivity index (χ1n) is 8.41. The minimum absolute atomic E-state index is 0.0976. The van der Waals surface area contributed by atoms with Crippen molar-refractivity contribution in [1.29, 1.82) is 0 Å². The molecule has 0 unspecified atom stereocenters. The number of nitrogens with zero attached hydrogens (tertiary/aromatic N) is 2. The average molecular weight is 367 g/mol. The van der Waals surface area contributed by atoms with E-state index < -0.39 is 15.9 Å². The first-order valence-corrected chi connectivity index (χ1v) is 9.85. The van der Waals surface area contributed by atoms with Gasteiger partial charge in [0.1, 0.15) is 0 Å². The van der Waals surface area contributed by atoms with Crippen molar-refractivity contribution in [3.8, 4) is 0 Å². The van der Waals surface area contributed by atoms with Crippen LogP contribution in [-0.4, -0.2) is 63.2 Å². The zero-order chi connectivity index (χ0) is 18.4. The van der Waals surface area contributed by atoms with Crippen molar-refractivity contribution in [2.75, 3.05) is 33.7 Å². The van der Waals surface area contributed by atoms with Crippen LogP contribution in [-0.2, 0) is 14.8 Å². The molecule has 1 aliphatic heterocycles. The van der Waals surface area contributed by atoms with Crippen LogP contribution < -0.4 is 5.32 Å². The molecule has 1 aliphatic rings. The molecule has 1 aromatic carbocycles. The highest BCUT2D eigenvalue weighted by Crippen LogP contribution is 2.20. The Hall–Kier alpha value is -1.93. The molecule has 8 heteroatoms. The largest absolute Gasteiger partial charge is 0.347 e. The highest BCUT2D eigenvalue weighted by Gasteiger charge is 2.25. The Bertz CT molecular complexity index is 706. The number of benzene rings is 1. The van der Waals surface area contributed by atoms with Gasteiger partial charge in [-0.2, -0.15) is 4.31 Å². The Balaban J connectivity index is 2.05. The third-order valence-electron chi connectivity index (χ3n) is 4.22. The van der Waals surface area contributed by atoms with E-state index in [1.807, 2.05) is 0 Å². The second-order valence-electron chi connectivity index (χ2n) is 6.31. The fraction of sp³-hybridized carbons (Fsp3) is 0.529. The number of likely N-dealkylation sites (N-methyl/N-ethyl adjacent to an activating group) is 1. The molecular weight excluding hydrogens is 342 g/mol. The van der Waals surface area contributed by atoms with Crippen LogP contribution >= 0.6 is 0 Å². The molecule has 0 aliphatic carbocycles. The summed E-state index contributed by atoms with van der Waals surface area (Å²) in [5, 5.41) is 2.52. The molecule has 0 spiro atoms. The Morgan fingerprint density at radius 2 is 1.60 bits per heavy atom. The summed E-state index contributed by atoms with van der Waals surface area (Å²) in [5.41, 5.74) is 0.321. The fourth-order valence-corrected chi connectivity index (χ4v) is 4.14. The topological polar surface area (TPSA) is 86.8 Å². The van der Waals surface area contributed by atoms with Gasteiger partial charge in [0.15, 0.2) is 0 Å². The van der Waals surface area contributed by atoms with E-state index in [9.17, 15) is 18.0 Å².